The zero-order valence-electron chi connectivity index (χ0n) is 27.7. The van der Waals surface area contributed by atoms with Crippen molar-refractivity contribution in [2.24, 2.45) is 0 Å². The van der Waals surface area contributed by atoms with Crippen LogP contribution < -0.4 is 15.4 Å². The van der Waals surface area contributed by atoms with E-state index in [0.29, 0.717) is 24.5 Å². The molecule has 5 heterocycles. The molecule has 1 unspecified atom stereocenters. The maximum Gasteiger partial charge on any atom is 0.410 e. The van der Waals surface area contributed by atoms with E-state index in [-0.39, 0.29) is 36.7 Å². The SMILES string of the molecule is Cc1ncoc1COc1ccc2c(c1)CCN(C[C@@H](O)CNC(=O)c1ccnc(NC3C[C@H]4CC[C@@H](C3)N4C(=O)OC(C)(C)C)c1)C2. The third-order valence-corrected chi connectivity index (χ3v) is 9.16. The Hall–Kier alpha value is -4.16. The van der Waals surface area contributed by atoms with Gasteiger partial charge in [0.05, 0.1) is 11.8 Å². The molecule has 2 bridgehead atoms. The van der Waals surface area contributed by atoms with E-state index >= 15 is 0 Å². The van der Waals surface area contributed by atoms with Gasteiger partial charge in [-0.1, -0.05) is 6.07 Å². The van der Waals surface area contributed by atoms with Gasteiger partial charge in [0.15, 0.2) is 12.2 Å². The number of fused-ring (bicyclic) bond motifs is 3. The molecule has 3 aromatic rings. The summed E-state index contributed by atoms with van der Waals surface area (Å²) in [5, 5.41) is 17.1. The third kappa shape index (κ3) is 8.23. The molecule has 4 atom stereocenters. The predicted octanol–water partition coefficient (Wildman–Crippen LogP) is 4.45. The first-order chi connectivity index (χ1) is 22.5. The van der Waals surface area contributed by atoms with Crippen LogP contribution >= 0.6 is 0 Å². The number of β-amino-alcohol motifs (C(OH)–C–C–N with tert-alkyl or cyclic N) is 1. The number of pyridine rings is 1. The summed E-state index contributed by atoms with van der Waals surface area (Å²) in [5.74, 6) is 1.88. The van der Waals surface area contributed by atoms with Gasteiger partial charge in [-0.3, -0.25) is 9.69 Å². The third-order valence-electron chi connectivity index (χ3n) is 9.16. The number of hydrogen-bond donors (Lipinski definition) is 3. The molecule has 0 radical (unpaired) electrons. The Balaban J connectivity index is 0.947. The van der Waals surface area contributed by atoms with E-state index in [1.54, 1.807) is 18.3 Å². The Morgan fingerprint density at radius 2 is 1.89 bits per heavy atom. The zero-order valence-corrected chi connectivity index (χ0v) is 27.7. The number of amides is 2. The quantitative estimate of drug-likeness (QED) is 0.289. The first-order valence-corrected chi connectivity index (χ1v) is 16.6. The Morgan fingerprint density at radius 3 is 2.62 bits per heavy atom. The average Bonchev–Trinajstić information content (AvgIpc) is 3.57. The van der Waals surface area contributed by atoms with Crippen molar-refractivity contribution in [1.29, 1.82) is 0 Å². The molecule has 12 nitrogen and oxygen atoms in total. The van der Waals surface area contributed by atoms with E-state index in [1.165, 1.54) is 17.5 Å². The van der Waals surface area contributed by atoms with Crippen LogP contribution in [0.3, 0.4) is 0 Å². The lowest BCUT2D eigenvalue weighted by Gasteiger charge is -2.39. The van der Waals surface area contributed by atoms with Gasteiger partial charge >= 0.3 is 6.09 Å². The minimum atomic E-state index is -0.710. The fraction of sp³-hybridized carbons (Fsp3) is 0.543. The Morgan fingerprint density at radius 1 is 1.11 bits per heavy atom. The maximum absolute atomic E-state index is 13.0. The summed E-state index contributed by atoms with van der Waals surface area (Å²) in [6.45, 7) is 10.0. The number of carbonyl (C=O) groups excluding carboxylic acids is 2. The number of nitrogens with one attached hydrogen (secondary N) is 2. The number of nitrogens with zero attached hydrogens (tertiary/aromatic N) is 4. The highest BCUT2D eigenvalue weighted by molar-refractivity contribution is 5.94. The molecule has 47 heavy (non-hydrogen) atoms. The summed E-state index contributed by atoms with van der Waals surface area (Å²) >= 11 is 0. The van der Waals surface area contributed by atoms with Crippen LogP contribution in [0.15, 0.2) is 47.3 Å². The van der Waals surface area contributed by atoms with Gasteiger partial charge in [0, 0.05) is 56.1 Å². The molecule has 252 valence electrons. The standard InChI is InChI=1S/C35H46N6O6/c1-22-31(46-21-38-22)20-45-30-8-5-25-18-40(12-10-23(25)13-30)19-29(42)17-37-33(43)24-9-11-36-32(14-24)39-26-15-27-6-7-28(16-26)41(27)34(44)47-35(2,3)4/h5,8-9,11,13-14,21,26-29,42H,6-7,10,12,15-20H2,1-4H3,(H,36,39)(H,37,43)/t26?,27-,28+,29-/m0/s1. The van der Waals surface area contributed by atoms with Crippen molar-refractivity contribution in [2.45, 2.75) is 103 Å². The van der Waals surface area contributed by atoms with Crippen molar-refractivity contribution in [1.82, 2.24) is 25.1 Å². The zero-order chi connectivity index (χ0) is 33.1. The van der Waals surface area contributed by atoms with Crippen LogP contribution in [0.25, 0.3) is 0 Å². The van der Waals surface area contributed by atoms with Crippen molar-refractivity contribution in [3.8, 4) is 5.75 Å². The summed E-state index contributed by atoms with van der Waals surface area (Å²) in [5.41, 5.74) is 3.22. The smallest absolute Gasteiger partial charge is 0.410 e. The highest BCUT2D eigenvalue weighted by atomic mass is 16.6. The number of aliphatic hydroxyl groups excluding tert-OH is 1. The van der Waals surface area contributed by atoms with Crippen molar-refractivity contribution >= 4 is 17.8 Å². The molecule has 1 aromatic carbocycles. The molecular weight excluding hydrogens is 600 g/mol. The number of oxazole rings is 1. The number of ether oxygens (including phenoxy) is 2. The van der Waals surface area contributed by atoms with E-state index in [2.05, 4.69) is 37.6 Å². The minimum absolute atomic E-state index is 0.133. The van der Waals surface area contributed by atoms with Crippen LogP contribution in [0.5, 0.6) is 5.75 Å². The normalized spacial score (nSPS) is 21.6. The Labute approximate surface area is 275 Å². The number of hydrogen-bond acceptors (Lipinski definition) is 10. The fourth-order valence-electron chi connectivity index (χ4n) is 6.89. The predicted molar refractivity (Wildman–Crippen MR) is 175 cm³/mol. The maximum atomic E-state index is 13.0. The molecule has 0 spiro atoms. The average molecular weight is 647 g/mol. The number of anilines is 1. The van der Waals surface area contributed by atoms with Gasteiger partial charge in [0.1, 0.15) is 23.8 Å². The molecule has 6 rings (SSSR count). The van der Waals surface area contributed by atoms with Gasteiger partial charge in [-0.2, -0.15) is 0 Å². The second-order valence-corrected chi connectivity index (χ2v) is 13.9. The number of aromatic nitrogens is 2. The molecule has 3 aliphatic rings. The van der Waals surface area contributed by atoms with Crippen LogP contribution in [-0.4, -0.2) is 86.3 Å². The second kappa shape index (κ2) is 13.9. The number of aryl methyl sites for hydroxylation is 1. The van der Waals surface area contributed by atoms with Gasteiger partial charge in [0.25, 0.3) is 5.91 Å². The van der Waals surface area contributed by atoms with E-state index in [0.717, 1.165) is 62.4 Å². The lowest BCUT2D eigenvalue weighted by atomic mass is 9.97. The van der Waals surface area contributed by atoms with Crippen LogP contribution in [0, 0.1) is 6.92 Å². The number of piperidine rings is 1. The molecule has 2 amide bonds. The highest BCUT2D eigenvalue weighted by Crippen LogP contribution is 2.37. The summed E-state index contributed by atoms with van der Waals surface area (Å²) in [6, 6.07) is 9.94. The van der Waals surface area contributed by atoms with Crippen LogP contribution in [0.1, 0.15) is 79.4 Å². The first-order valence-electron chi connectivity index (χ1n) is 16.6. The lowest BCUT2D eigenvalue weighted by molar-refractivity contribution is 0.00681. The molecule has 12 heteroatoms. The molecule has 0 aliphatic carbocycles. The van der Waals surface area contributed by atoms with Crippen LogP contribution in [0.2, 0.25) is 0 Å². The van der Waals surface area contributed by atoms with E-state index in [9.17, 15) is 14.7 Å². The monoisotopic (exact) mass is 646 g/mol. The van der Waals surface area contributed by atoms with E-state index < -0.39 is 11.7 Å². The Kier molecular flexibility index (Phi) is 9.70. The Bertz CT molecular complexity index is 1560. The van der Waals surface area contributed by atoms with Crippen molar-refractivity contribution in [3.63, 3.8) is 0 Å². The van der Waals surface area contributed by atoms with Gasteiger partial charge in [-0.25, -0.2) is 14.8 Å². The van der Waals surface area contributed by atoms with Crippen LogP contribution in [-0.2, 0) is 24.3 Å². The van der Waals surface area contributed by atoms with E-state index in [1.807, 2.05) is 38.7 Å². The van der Waals surface area contributed by atoms with Crippen molar-refractivity contribution in [3.05, 3.63) is 71.1 Å². The fourth-order valence-corrected chi connectivity index (χ4v) is 6.89. The highest BCUT2D eigenvalue weighted by Gasteiger charge is 2.45. The van der Waals surface area contributed by atoms with Gasteiger partial charge in [-0.15, -0.1) is 0 Å². The number of rotatable bonds is 10. The second-order valence-electron chi connectivity index (χ2n) is 13.9. The molecule has 2 saturated heterocycles. The van der Waals surface area contributed by atoms with Gasteiger partial charge in [0.2, 0.25) is 0 Å². The number of aliphatic hydroxyl groups is 1. The lowest BCUT2D eigenvalue weighted by Crippen LogP contribution is -2.51. The molecule has 0 saturated carbocycles. The molecule has 2 aromatic heterocycles. The molecular formula is C35H46N6O6. The first kappa shape index (κ1) is 32.8. The number of carbonyl (C=O) groups is 2. The van der Waals surface area contributed by atoms with Crippen molar-refractivity contribution < 1.29 is 28.6 Å². The van der Waals surface area contributed by atoms with Gasteiger partial charge < -0.3 is 34.5 Å². The number of benzene rings is 1. The minimum Gasteiger partial charge on any atom is -0.486 e. The summed E-state index contributed by atoms with van der Waals surface area (Å²) in [4.78, 5) is 38.5. The van der Waals surface area contributed by atoms with Crippen LogP contribution in [0.4, 0.5) is 10.6 Å². The largest absolute Gasteiger partial charge is 0.486 e. The topological polar surface area (TPSA) is 142 Å². The summed E-state index contributed by atoms with van der Waals surface area (Å²) in [6.07, 6.45) is 6.49. The van der Waals surface area contributed by atoms with Crippen molar-refractivity contribution in [2.75, 3.05) is 25.0 Å². The van der Waals surface area contributed by atoms with E-state index in [4.69, 9.17) is 13.9 Å². The molecule has 3 N–H and O–H groups in total. The summed E-state index contributed by atoms with van der Waals surface area (Å²) < 4.78 is 16.9. The molecule has 3 aliphatic heterocycles. The summed E-state index contributed by atoms with van der Waals surface area (Å²) in [7, 11) is 0. The molecule has 2 fully saturated rings. The van der Waals surface area contributed by atoms with Gasteiger partial charge in [-0.05, 0) is 95.2 Å².